The lowest BCUT2D eigenvalue weighted by atomic mass is 9.95. The average molecular weight is 220 g/mol. The topological polar surface area (TPSA) is 20.2 Å². The first-order valence-electron chi connectivity index (χ1n) is 3.26. The van der Waals surface area contributed by atoms with E-state index < -0.39 is 23.4 Å². The maximum Gasteiger partial charge on any atom is 0.395 e. The van der Waals surface area contributed by atoms with Crippen molar-refractivity contribution in [3.05, 3.63) is 0 Å². The minimum Gasteiger partial charge on any atom is -0.396 e. The van der Waals surface area contributed by atoms with E-state index in [0.717, 1.165) is 10.8 Å². The number of halogens is 3. The van der Waals surface area contributed by atoms with Crippen LogP contribution in [0.5, 0.6) is 0 Å². The predicted molar refractivity (Wildman–Crippen MR) is 47.3 cm³/mol. The molecule has 0 aromatic carbocycles. The molecule has 0 aliphatic carbocycles. The van der Waals surface area contributed by atoms with Crippen LogP contribution in [0.2, 0.25) is 0 Å². The smallest absolute Gasteiger partial charge is 0.395 e. The van der Waals surface area contributed by atoms with Crippen LogP contribution in [-0.4, -0.2) is 22.6 Å². The summed E-state index contributed by atoms with van der Waals surface area (Å²) >= 11 is 3.73. The molecular weight excluding hydrogens is 209 g/mol. The van der Waals surface area contributed by atoms with Gasteiger partial charge in [0, 0.05) is 4.75 Å². The molecule has 0 aromatic rings. The van der Waals surface area contributed by atoms with E-state index in [0.29, 0.717) is 0 Å². The quantitative estimate of drug-likeness (QED) is 0.563. The van der Waals surface area contributed by atoms with Crippen LogP contribution >= 0.6 is 22.5 Å². The molecule has 0 saturated heterocycles. The van der Waals surface area contributed by atoms with Crippen LogP contribution in [0.3, 0.4) is 0 Å². The van der Waals surface area contributed by atoms with Crippen LogP contribution in [0, 0.1) is 5.92 Å². The van der Waals surface area contributed by atoms with E-state index in [1.54, 1.807) is 0 Å². The molecule has 0 saturated carbocycles. The fraction of sp³-hybridized carbons (Fsp3) is 1.00. The van der Waals surface area contributed by atoms with Gasteiger partial charge < -0.3 is 5.11 Å². The van der Waals surface area contributed by atoms with Gasteiger partial charge in [0.15, 0.2) is 0 Å². The molecule has 0 aromatic heterocycles. The van der Waals surface area contributed by atoms with Gasteiger partial charge >= 0.3 is 6.18 Å². The second-order valence-electron chi connectivity index (χ2n) is 2.97. The van der Waals surface area contributed by atoms with Crippen molar-refractivity contribution in [1.82, 2.24) is 0 Å². The number of alkyl halides is 3. The fourth-order valence-electron chi connectivity index (χ4n) is 0.781. The van der Waals surface area contributed by atoms with Crippen LogP contribution in [0.15, 0.2) is 0 Å². The Morgan fingerprint density at radius 2 is 1.83 bits per heavy atom. The summed E-state index contributed by atoms with van der Waals surface area (Å²) in [6.07, 6.45) is -4.37. The number of hydrogen-bond acceptors (Lipinski definition) is 3. The third kappa shape index (κ3) is 3.06. The van der Waals surface area contributed by atoms with Crippen molar-refractivity contribution in [3.8, 4) is 0 Å². The lowest BCUT2D eigenvalue weighted by molar-refractivity contribution is -0.190. The van der Waals surface area contributed by atoms with Gasteiger partial charge in [0.1, 0.15) is 0 Å². The zero-order chi connectivity index (χ0) is 9.99. The van der Waals surface area contributed by atoms with Crippen LogP contribution in [0.4, 0.5) is 13.2 Å². The van der Waals surface area contributed by atoms with Crippen LogP contribution in [0.25, 0.3) is 0 Å². The molecule has 0 rings (SSSR count). The lowest BCUT2D eigenvalue weighted by Gasteiger charge is -2.31. The molecule has 0 spiro atoms. The van der Waals surface area contributed by atoms with Crippen molar-refractivity contribution in [1.29, 1.82) is 0 Å². The highest BCUT2D eigenvalue weighted by molar-refractivity contribution is 8.69. The summed E-state index contributed by atoms with van der Waals surface area (Å²) in [4.78, 5) is 0. The van der Waals surface area contributed by atoms with E-state index >= 15 is 0 Å². The first-order valence-corrected chi connectivity index (χ1v) is 5.12. The Bertz CT molecular complexity index is 146. The van der Waals surface area contributed by atoms with Crippen molar-refractivity contribution in [2.24, 2.45) is 5.92 Å². The molecule has 0 aliphatic heterocycles. The summed E-state index contributed by atoms with van der Waals surface area (Å²) in [5.74, 6) is -1.73. The fourth-order valence-corrected chi connectivity index (χ4v) is 1.50. The zero-order valence-electron chi connectivity index (χ0n) is 6.72. The van der Waals surface area contributed by atoms with Crippen molar-refractivity contribution < 1.29 is 18.3 Å². The Kier molecular flexibility index (Phi) is 4.26. The van der Waals surface area contributed by atoms with E-state index in [4.69, 9.17) is 5.11 Å². The van der Waals surface area contributed by atoms with Gasteiger partial charge in [0.2, 0.25) is 0 Å². The van der Waals surface area contributed by atoms with Gasteiger partial charge in [0.05, 0.1) is 12.5 Å². The second-order valence-corrected chi connectivity index (χ2v) is 4.75. The standard InChI is InChI=1S/C6H11F3OS2/c1-5(2,12-11)4(3-10)6(7,8)9/h4,10-11H,3H2,1-2H3. The molecule has 12 heavy (non-hydrogen) atoms. The van der Waals surface area contributed by atoms with Gasteiger partial charge in [-0.1, -0.05) is 10.8 Å². The number of aliphatic hydroxyl groups excluding tert-OH is 1. The summed E-state index contributed by atoms with van der Waals surface area (Å²) < 4.78 is 35.5. The highest BCUT2D eigenvalue weighted by atomic mass is 33.1. The first-order chi connectivity index (χ1) is 5.25. The molecule has 0 bridgehead atoms. The monoisotopic (exact) mass is 220 g/mol. The van der Waals surface area contributed by atoms with Crippen molar-refractivity contribution in [2.75, 3.05) is 6.61 Å². The summed E-state index contributed by atoms with van der Waals surface area (Å²) in [7, 11) is 0.801. The van der Waals surface area contributed by atoms with Crippen molar-refractivity contribution in [3.63, 3.8) is 0 Å². The minimum atomic E-state index is -4.37. The molecule has 0 amide bonds. The van der Waals surface area contributed by atoms with E-state index in [9.17, 15) is 13.2 Å². The van der Waals surface area contributed by atoms with E-state index in [1.807, 2.05) is 0 Å². The Labute approximate surface area is 78.5 Å². The Morgan fingerprint density at radius 1 is 1.42 bits per heavy atom. The number of rotatable bonds is 3. The summed E-state index contributed by atoms with van der Waals surface area (Å²) in [5.41, 5.74) is 0. The molecule has 6 heteroatoms. The van der Waals surface area contributed by atoms with Gasteiger partial charge in [0.25, 0.3) is 0 Å². The third-order valence-electron chi connectivity index (χ3n) is 1.65. The second kappa shape index (κ2) is 4.11. The summed E-state index contributed by atoms with van der Waals surface area (Å²) in [6, 6.07) is 0. The number of hydrogen-bond donors (Lipinski definition) is 2. The lowest BCUT2D eigenvalue weighted by Crippen LogP contribution is -2.41. The van der Waals surface area contributed by atoms with Gasteiger partial charge in [-0.05, 0) is 13.8 Å². The highest BCUT2D eigenvalue weighted by Crippen LogP contribution is 2.43. The van der Waals surface area contributed by atoms with E-state index in [1.165, 1.54) is 13.8 Å². The molecule has 0 aliphatic rings. The summed E-state index contributed by atoms with van der Waals surface area (Å²) in [5, 5.41) is 8.56. The highest BCUT2D eigenvalue weighted by Gasteiger charge is 2.48. The van der Waals surface area contributed by atoms with Gasteiger partial charge in [-0.3, -0.25) is 0 Å². The minimum absolute atomic E-state index is 0.801. The number of thiol groups is 1. The summed E-state index contributed by atoms with van der Waals surface area (Å²) in [6.45, 7) is 1.90. The molecule has 1 unspecified atom stereocenters. The Morgan fingerprint density at radius 3 is 1.92 bits per heavy atom. The molecule has 1 atom stereocenters. The molecule has 0 heterocycles. The van der Waals surface area contributed by atoms with Crippen molar-refractivity contribution >= 4 is 22.5 Å². The van der Waals surface area contributed by atoms with Crippen LogP contribution < -0.4 is 0 Å². The van der Waals surface area contributed by atoms with Gasteiger partial charge in [-0.2, -0.15) is 13.2 Å². The molecule has 1 N–H and O–H groups in total. The molecule has 74 valence electrons. The molecule has 0 radical (unpaired) electrons. The third-order valence-corrected chi connectivity index (χ3v) is 3.82. The predicted octanol–water partition coefficient (Wildman–Crippen LogP) is 2.51. The van der Waals surface area contributed by atoms with Gasteiger partial charge in [-0.25, -0.2) is 0 Å². The van der Waals surface area contributed by atoms with E-state index in [-0.39, 0.29) is 0 Å². The number of aliphatic hydroxyl groups is 1. The first kappa shape index (κ1) is 12.4. The molecule has 0 fully saturated rings. The van der Waals surface area contributed by atoms with Gasteiger partial charge in [-0.15, -0.1) is 11.7 Å². The zero-order valence-corrected chi connectivity index (χ0v) is 8.43. The molecular formula is C6H11F3OS2. The maximum absolute atomic E-state index is 12.2. The van der Waals surface area contributed by atoms with Crippen molar-refractivity contribution in [2.45, 2.75) is 24.8 Å². The normalized spacial score (nSPS) is 16.2. The largest absolute Gasteiger partial charge is 0.396 e. The molecule has 1 nitrogen and oxygen atoms in total. The van der Waals surface area contributed by atoms with E-state index in [2.05, 4.69) is 11.7 Å². The SMILES string of the molecule is CC(C)(SS)C(CO)C(F)(F)F. The Hall–Kier alpha value is 0.450. The Balaban J connectivity index is 4.56. The van der Waals surface area contributed by atoms with Crippen LogP contribution in [-0.2, 0) is 0 Å². The van der Waals surface area contributed by atoms with Crippen LogP contribution in [0.1, 0.15) is 13.8 Å². The maximum atomic E-state index is 12.2. The average Bonchev–Trinajstić information content (AvgIpc) is 1.85.